The number of rotatable bonds is 3. The zero-order chi connectivity index (χ0) is 20.4. The maximum absolute atomic E-state index is 12.9. The minimum atomic E-state index is 0.0763. The standard InChI is InChI=1S/C24H32N4O/c1-18-6-5-11-28(17-18)24(29)22-16-21(9-10-25-22)26-12-14-27(15-13-26)23-8-4-7-19(2)20(23)3/h4,7-10,16,18H,5-6,11-15,17H2,1-3H3. The average Bonchev–Trinajstić information content (AvgIpc) is 2.75. The number of hydrogen-bond donors (Lipinski definition) is 0. The van der Waals surface area contributed by atoms with Crippen molar-refractivity contribution in [2.45, 2.75) is 33.6 Å². The summed E-state index contributed by atoms with van der Waals surface area (Å²) in [6.45, 7) is 12.2. The van der Waals surface area contributed by atoms with E-state index in [-0.39, 0.29) is 5.91 Å². The van der Waals surface area contributed by atoms with Crippen LogP contribution in [-0.2, 0) is 0 Å². The third kappa shape index (κ3) is 4.24. The third-order valence-electron chi connectivity index (χ3n) is 6.47. The first kappa shape index (κ1) is 19.7. The fraction of sp³-hybridized carbons (Fsp3) is 0.500. The van der Waals surface area contributed by atoms with Crippen LogP contribution in [0.1, 0.15) is 41.4 Å². The van der Waals surface area contributed by atoms with E-state index in [1.165, 1.54) is 23.2 Å². The molecule has 1 atom stereocenters. The molecule has 154 valence electrons. The van der Waals surface area contributed by atoms with Gasteiger partial charge in [0.15, 0.2) is 0 Å². The van der Waals surface area contributed by atoms with E-state index < -0.39 is 0 Å². The normalized spacial score (nSPS) is 20.1. The highest BCUT2D eigenvalue weighted by Crippen LogP contribution is 2.26. The second-order valence-corrected chi connectivity index (χ2v) is 8.59. The Balaban J connectivity index is 1.43. The lowest BCUT2D eigenvalue weighted by atomic mass is 10.00. The topological polar surface area (TPSA) is 39.7 Å². The number of piperidine rings is 1. The van der Waals surface area contributed by atoms with Crippen LogP contribution in [0.5, 0.6) is 0 Å². The molecular weight excluding hydrogens is 360 g/mol. The van der Waals surface area contributed by atoms with E-state index in [1.807, 2.05) is 17.0 Å². The molecule has 0 aliphatic carbocycles. The molecule has 2 aliphatic rings. The zero-order valence-corrected chi connectivity index (χ0v) is 17.9. The lowest BCUT2D eigenvalue weighted by molar-refractivity contribution is 0.0677. The molecule has 2 aliphatic heterocycles. The molecule has 1 aromatic heterocycles. The Hall–Kier alpha value is -2.56. The summed E-state index contributed by atoms with van der Waals surface area (Å²) in [6, 6.07) is 10.6. The van der Waals surface area contributed by atoms with E-state index in [9.17, 15) is 4.79 Å². The van der Waals surface area contributed by atoms with Gasteiger partial charge in [-0.25, -0.2) is 0 Å². The van der Waals surface area contributed by atoms with Crippen LogP contribution < -0.4 is 9.80 Å². The summed E-state index contributed by atoms with van der Waals surface area (Å²) < 4.78 is 0. The lowest BCUT2D eigenvalue weighted by Crippen LogP contribution is -2.47. The monoisotopic (exact) mass is 392 g/mol. The molecule has 0 saturated carbocycles. The largest absolute Gasteiger partial charge is 0.368 e. The van der Waals surface area contributed by atoms with Crippen molar-refractivity contribution in [1.82, 2.24) is 9.88 Å². The number of piperazine rings is 1. The lowest BCUT2D eigenvalue weighted by Gasteiger charge is -2.38. The molecule has 2 fully saturated rings. The van der Waals surface area contributed by atoms with Gasteiger partial charge in [-0.2, -0.15) is 0 Å². The molecule has 29 heavy (non-hydrogen) atoms. The van der Waals surface area contributed by atoms with Gasteiger partial charge in [0.2, 0.25) is 0 Å². The van der Waals surface area contributed by atoms with Gasteiger partial charge in [-0.3, -0.25) is 9.78 Å². The predicted molar refractivity (Wildman–Crippen MR) is 119 cm³/mol. The number of anilines is 2. The van der Waals surface area contributed by atoms with Crippen molar-refractivity contribution in [2.75, 3.05) is 49.1 Å². The fourth-order valence-electron chi connectivity index (χ4n) is 4.55. The van der Waals surface area contributed by atoms with E-state index in [0.717, 1.165) is 51.4 Å². The Morgan fingerprint density at radius 3 is 2.55 bits per heavy atom. The van der Waals surface area contributed by atoms with Crippen LogP contribution in [0.2, 0.25) is 0 Å². The van der Waals surface area contributed by atoms with Gasteiger partial charge in [-0.05, 0) is 61.9 Å². The van der Waals surface area contributed by atoms with Gasteiger partial charge in [0.05, 0.1) is 0 Å². The van der Waals surface area contributed by atoms with Crippen LogP contribution >= 0.6 is 0 Å². The molecule has 4 rings (SSSR count). The summed E-state index contributed by atoms with van der Waals surface area (Å²) in [7, 11) is 0. The summed E-state index contributed by atoms with van der Waals surface area (Å²) >= 11 is 0. The molecule has 1 unspecified atom stereocenters. The van der Waals surface area contributed by atoms with E-state index in [1.54, 1.807) is 6.20 Å². The van der Waals surface area contributed by atoms with Gasteiger partial charge < -0.3 is 14.7 Å². The Morgan fingerprint density at radius 2 is 1.79 bits per heavy atom. The van der Waals surface area contributed by atoms with Gasteiger partial charge in [-0.15, -0.1) is 0 Å². The molecule has 0 bridgehead atoms. The number of carbonyl (C=O) groups is 1. The van der Waals surface area contributed by atoms with Crippen LogP contribution in [0.3, 0.4) is 0 Å². The first-order valence-corrected chi connectivity index (χ1v) is 10.8. The number of amides is 1. The number of carbonyl (C=O) groups excluding carboxylic acids is 1. The fourth-order valence-corrected chi connectivity index (χ4v) is 4.55. The second-order valence-electron chi connectivity index (χ2n) is 8.59. The number of nitrogens with zero attached hydrogens (tertiary/aromatic N) is 4. The van der Waals surface area contributed by atoms with Crippen LogP contribution in [0.25, 0.3) is 0 Å². The first-order chi connectivity index (χ1) is 14.0. The average molecular weight is 393 g/mol. The maximum Gasteiger partial charge on any atom is 0.272 e. The number of benzene rings is 1. The summed E-state index contributed by atoms with van der Waals surface area (Å²) in [5.41, 5.74) is 5.74. The van der Waals surface area contributed by atoms with Gasteiger partial charge in [-0.1, -0.05) is 19.1 Å². The van der Waals surface area contributed by atoms with Gasteiger partial charge in [0.25, 0.3) is 5.91 Å². The number of aryl methyl sites for hydroxylation is 1. The number of hydrogen-bond acceptors (Lipinski definition) is 4. The highest BCUT2D eigenvalue weighted by Gasteiger charge is 2.24. The molecular formula is C24H32N4O. The quantitative estimate of drug-likeness (QED) is 0.794. The Kier molecular flexibility index (Phi) is 5.74. The maximum atomic E-state index is 12.9. The summed E-state index contributed by atoms with van der Waals surface area (Å²) in [6.07, 6.45) is 4.09. The van der Waals surface area contributed by atoms with E-state index >= 15 is 0 Å². The third-order valence-corrected chi connectivity index (χ3v) is 6.47. The highest BCUT2D eigenvalue weighted by atomic mass is 16.2. The minimum Gasteiger partial charge on any atom is -0.368 e. The number of aromatic nitrogens is 1. The second kappa shape index (κ2) is 8.44. The SMILES string of the molecule is Cc1cccc(N2CCN(c3ccnc(C(=O)N4CCCC(C)C4)c3)CC2)c1C. The molecule has 2 saturated heterocycles. The zero-order valence-electron chi connectivity index (χ0n) is 17.9. The molecule has 1 amide bonds. The molecule has 0 N–H and O–H groups in total. The molecule has 5 nitrogen and oxygen atoms in total. The van der Waals surface area contributed by atoms with Crippen molar-refractivity contribution in [3.8, 4) is 0 Å². The van der Waals surface area contributed by atoms with Crippen LogP contribution in [0.4, 0.5) is 11.4 Å². The van der Waals surface area contributed by atoms with E-state index in [2.05, 4.69) is 53.8 Å². The van der Waals surface area contributed by atoms with Crippen LogP contribution in [-0.4, -0.2) is 55.1 Å². The van der Waals surface area contributed by atoms with Crippen molar-refractivity contribution in [3.63, 3.8) is 0 Å². The number of likely N-dealkylation sites (tertiary alicyclic amines) is 1. The molecule has 1 aromatic carbocycles. The molecule has 3 heterocycles. The Morgan fingerprint density at radius 1 is 1.03 bits per heavy atom. The van der Waals surface area contributed by atoms with Gasteiger partial charge in [0.1, 0.15) is 5.69 Å². The van der Waals surface area contributed by atoms with Gasteiger partial charge >= 0.3 is 0 Å². The van der Waals surface area contributed by atoms with Crippen LogP contribution in [0, 0.1) is 19.8 Å². The van der Waals surface area contributed by atoms with E-state index in [4.69, 9.17) is 0 Å². The first-order valence-electron chi connectivity index (χ1n) is 10.8. The predicted octanol–water partition coefficient (Wildman–Crippen LogP) is 3.90. The number of pyridine rings is 1. The smallest absolute Gasteiger partial charge is 0.272 e. The van der Waals surface area contributed by atoms with Crippen molar-refractivity contribution in [2.24, 2.45) is 5.92 Å². The minimum absolute atomic E-state index is 0.0763. The highest BCUT2D eigenvalue weighted by molar-refractivity contribution is 5.93. The Bertz CT molecular complexity index is 873. The van der Waals surface area contributed by atoms with Crippen molar-refractivity contribution in [1.29, 1.82) is 0 Å². The molecule has 5 heteroatoms. The summed E-state index contributed by atoms with van der Waals surface area (Å²) in [5.74, 6) is 0.654. The van der Waals surface area contributed by atoms with Gasteiger partial charge in [0, 0.05) is 56.8 Å². The summed E-state index contributed by atoms with van der Waals surface area (Å²) in [5, 5.41) is 0. The van der Waals surface area contributed by atoms with Crippen molar-refractivity contribution < 1.29 is 4.79 Å². The Labute approximate surface area is 174 Å². The molecule has 2 aromatic rings. The van der Waals surface area contributed by atoms with Crippen molar-refractivity contribution in [3.05, 3.63) is 53.3 Å². The molecule has 0 spiro atoms. The van der Waals surface area contributed by atoms with E-state index in [0.29, 0.717) is 11.6 Å². The van der Waals surface area contributed by atoms with Crippen LogP contribution in [0.15, 0.2) is 36.5 Å². The van der Waals surface area contributed by atoms with Crippen molar-refractivity contribution >= 4 is 17.3 Å². The summed E-state index contributed by atoms with van der Waals surface area (Å²) in [4.78, 5) is 24.1. The molecule has 0 radical (unpaired) electrons.